The summed E-state index contributed by atoms with van der Waals surface area (Å²) in [6, 6.07) is 6.93. The van der Waals surface area contributed by atoms with Crippen molar-refractivity contribution in [3.8, 4) is 0 Å². The number of hydrogen-bond acceptors (Lipinski definition) is 5. The third-order valence-corrected chi connectivity index (χ3v) is 5.98. The highest BCUT2D eigenvalue weighted by molar-refractivity contribution is 7.98. The summed E-state index contributed by atoms with van der Waals surface area (Å²) < 4.78 is 10.6. The predicted molar refractivity (Wildman–Crippen MR) is 130 cm³/mol. The van der Waals surface area contributed by atoms with Crippen LogP contribution in [0.3, 0.4) is 0 Å². The van der Waals surface area contributed by atoms with Gasteiger partial charge < -0.3 is 19.5 Å². The molecular formula is C25H36N2O4S. The zero-order chi connectivity index (χ0) is 23.2. The lowest BCUT2D eigenvalue weighted by Gasteiger charge is -2.24. The van der Waals surface area contributed by atoms with E-state index in [1.807, 2.05) is 26.0 Å². The molecule has 0 saturated carbocycles. The zero-order valence-electron chi connectivity index (χ0n) is 19.3. The number of thioether (sulfide) groups is 1. The zero-order valence-corrected chi connectivity index (χ0v) is 20.2. The summed E-state index contributed by atoms with van der Waals surface area (Å²) in [4.78, 5) is 25.4. The van der Waals surface area contributed by atoms with Crippen LogP contribution in [0.25, 0.3) is 6.08 Å². The van der Waals surface area contributed by atoms with Gasteiger partial charge in [0.25, 0.3) is 0 Å². The van der Waals surface area contributed by atoms with Crippen LogP contribution in [-0.2, 0) is 15.3 Å². The van der Waals surface area contributed by atoms with E-state index in [2.05, 4.69) is 17.6 Å². The summed E-state index contributed by atoms with van der Waals surface area (Å²) in [5.41, 5.74) is 0. The third kappa shape index (κ3) is 10.3. The lowest BCUT2D eigenvalue weighted by Crippen LogP contribution is -2.50. The Morgan fingerprint density at radius 1 is 1.09 bits per heavy atom. The van der Waals surface area contributed by atoms with Crippen molar-refractivity contribution in [3.63, 3.8) is 0 Å². The van der Waals surface area contributed by atoms with E-state index in [1.165, 1.54) is 6.08 Å². The minimum Gasteiger partial charge on any atom is -0.468 e. The monoisotopic (exact) mass is 460 g/mol. The molecule has 0 aliphatic heterocycles. The number of unbranched alkanes of at least 4 members (excludes halogenated alkanes) is 1. The number of carbonyl (C=O) groups excluding carboxylic acids is 2. The van der Waals surface area contributed by atoms with Crippen LogP contribution in [0, 0.1) is 5.92 Å². The smallest absolute Gasteiger partial charge is 0.244 e. The van der Waals surface area contributed by atoms with Crippen LogP contribution in [0.1, 0.15) is 64.4 Å². The molecule has 0 aliphatic rings. The molecule has 6 nitrogen and oxygen atoms in total. The van der Waals surface area contributed by atoms with Crippen molar-refractivity contribution in [2.24, 2.45) is 5.92 Å². The van der Waals surface area contributed by atoms with Crippen molar-refractivity contribution < 1.29 is 18.4 Å². The van der Waals surface area contributed by atoms with Crippen molar-refractivity contribution in [3.05, 3.63) is 54.4 Å². The van der Waals surface area contributed by atoms with E-state index in [9.17, 15) is 9.59 Å². The third-order valence-electron chi connectivity index (χ3n) is 4.97. The van der Waals surface area contributed by atoms with E-state index >= 15 is 0 Å². The average Bonchev–Trinajstić information content (AvgIpc) is 3.46. The Kier molecular flexibility index (Phi) is 11.8. The van der Waals surface area contributed by atoms with Crippen molar-refractivity contribution in [1.82, 2.24) is 10.6 Å². The Bertz CT molecular complexity index is 800. The molecule has 32 heavy (non-hydrogen) atoms. The van der Waals surface area contributed by atoms with E-state index in [0.29, 0.717) is 12.2 Å². The number of amides is 2. The number of nitrogens with one attached hydrogen (secondary N) is 2. The Hall–Kier alpha value is -2.41. The van der Waals surface area contributed by atoms with Crippen molar-refractivity contribution in [1.29, 1.82) is 0 Å². The highest BCUT2D eigenvalue weighted by Crippen LogP contribution is 2.16. The van der Waals surface area contributed by atoms with Crippen molar-refractivity contribution in [2.75, 3.05) is 5.75 Å². The fourth-order valence-corrected chi connectivity index (χ4v) is 4.26. The van der Waals surface area contributed by atoms with Gasteiger partial charge in [0.2, 0.25) is 11.8 Å². The highest BCUT2D eigenvalue weighted by Gasteiger charge is 2.23. The standard InChI is InChI=1S/C25H36N2O4S/c1-4-5-8-20(13-16-32-18-22-10-7-15-31-22)26-25(29)23(17-19(2)3)27-24(28)12-11-21-9-6-14-30-21/h6-7,9-12,14-15,19-20,23H,4-5,8,13,16-18H2,1-3H3,(H,26,29)(H,27,28). The van der Waals surface area contributed by atoms with Gasteiger partial charge in [0.1, 0.15) is 17.6 Å². The maximum absolute atomic E-state index is 13.0. The van der Waals surface area contributed by atoms with E-state index in [4.69, 9.17) is 8.83 Å². The van der Waals surface area contributed by atoms with E-state index in [0.717, 1.165) is 42.9 Å². The molecule has 2 heterocycles. The van der Waals surface area contributed by atoms with Gasteiger partial charge in [-0.3, -0.25) is 9.59 Å². The van der Waals surface area contributed by atoms with E-state index in [1.54, 1.807) is 42.5 Å². The molecule has 0 aliphatic carbocycles. The molecule has 7 heteroatoms. The van der Waals surface area contributed by atoms with Crippen LogP contribution >= 0.6 is 11.8 Å². The molecular weight excluding hydrogens is 424 g/mol. The average molecular weight is 461 g/mol. The molecule has 0 radical (unpaired) electrons. The van der Waals surface area contributed by atoms with Crippen molar-refractivity contribution >= 4 is 29.7 Å². The molecule has 0 saturated heterocycles. The minimum absolute atomic E-state index is 0.0942. The van der Waals surface area contributed by atoms with Crippen LogP contribution in [0.15, 0.2) is 51.7 Å². The first-order chi connectivity index (χ1) is 15.5. The molecule has 0 bridgehead atoms. The lowest BCUT2D eigenvalue weighted by molar-refractivity contribution is -0.128. The first-order valence-electron chi connectivity index (χ1n) is 11.4. The maximum atomic E-state index is 13.0. The molecule has 2 amide bonds. The van der Waals surface area contributed by atoms with Gasteiger partial charge in [0, 0.05) is 12.1 Å². The lowest BCUT2D eigenvalue weighted by atomic mass is 10.0. The second-order valence-corrected chi connectivity index (χ2v) is 9.41. The van der Waals surface area contributed by atoms with Crippen LogP contribution in [0.5, 0.6) is 0 Å². The second kappa shape index (κ2) is 14.6. The molecule has 2 aromatic rings. The number of furan rings is 2. The predicted octanol–water partition coefficient (Wildman–Crippen LogP) is 5.42. The molecule has 2 unspecified atom stereocenters. The summed E-state index contributed by atoms with van der Waals surface area (Å²) in [6.07, 6.45) is 10.8. The topological polar surface area (TPSA) is 84.5 Å². The molecule has 0 fully saturated rings. The van der Waals surface area contributed by atoms with Gasteiger partial charge in [-0.1, -0.05) is 33.6 Å². The molecule has 2 atom stereocenters. The van der Waals surface area contributed by atoms with Gasteiger partial charge in [0.15, 0.2) is 0 Å². The summed E-state index contributed by atoms with van der Waals surface area (Å²) in [7, 11) is 0. The Labute approximate surface area is 195 Å². The van der Waals surface area contributed by atoms with Gasteiger partial charge >= 0.3 is 0 Å². The summed E-state index contributed by atoms with van der Waals surface area (Å²) in [6.45, 7) is 6.24. The van der Waals surface area contributed by atoms with Crippen LogP contribution in [0.2, 0.25) is 0 Å². The second-order valence-electron chi connectivity index (χ2n) is 8.31. The normalized spacial score (nSPS) is 13.4. The number of carbonyl (C=O) groups is 2. The first kappa shape index (κ1) is 25.8. The van der Waals surface area contributed by atoms with Crippen LogP contribution < -0.4 is 10.6 Å². The quantitative estimate of drug-likeness (QED) is 0.274. The molecule has 2 N–H and O–H groups in total. The molecule has 2 rings (SSSR count). The Morgan fingerprint density at radius 3 is 2.53 bits per heavy atom. The molecule has 0 aromatic carbocycles. The SMILES string of the molecule is CCCCC(CCSCc1ccco1)NC(=O)C(CC(C)C)NC(=O)C=Cc1ccco1. The van der Waals surface area contributed by atoms with Gasteiger partial charge in [-0.2, -0.15) is 11.8 Å². The molecule has 2 aromatic heterocycles. The first-order valence-corrected chi connectivity index (χ1v) is 12.6. The number of rotatable bonds is 15. The summed E-state index contributed by atoms with van der Waals surface area (Å²) in [5.74, 6) is 3.18. The molecule has 0 spiro atoms. The largest absolute Gasteiger partial charge is 0.468 e. The molecule has 176 valence electrons. The van der Waals surface area contributed by atoms with Gasteiger partial charge in [0.05, 0.1) is 18.3 Å². The minimum atomic E-state index is -0.566. The Morgan fingerprint density at radius 2 is 1.88 bits per heavy atom. The van der Waals surface area contributed by atoms with E-state index < -0.39 is 6.04 Å². The fourth-order valence-electron chi connectivity index (χ4n) is 3.30. The maximum Gasteiger partial charge on any atom is 0.244 e. The van der Waals surface area contributed by atoms with E-state index in [-0.39, 0.29) is 23.8 Å². The number of hydrogen-bond donors (Lipinski definition) is 2. The highest BCUT2D eigenvalue weighted by atomic mass is 32.2. The van der Waals surface area contributed by atoms with Gasteiger partial charge in [-0.25, -0.2) is 0 Å². The van der Waals surface area contributed by atoms with Crippen molar-refractivity contribution in [2.45, 2.75) is 70.7 Å². The van der Waals surface area contributed by atoms with Crippen LogP contribution in [-0.4, -0.2) is 29.7 Å². The Balaban J connectivity index is 1.89. The fraction of sp³-hybridized carbons (Fsp3) is 0.520. The van der Waals surface area contributed by atoms with Crippen LogP contribution in [0.4, 0.5) is 0 Å². The summed E-state index contributed by atoms with van der Waals surface area (Å²) >= 11 is 1.80. The van der Waals surface area contributed by atoms with Gasteiger partial charge in [-0.15, -0.1) is 0 Å². The summed E-state index contributed by atoms with van der Waals surface area (Å²) in [5, 5.41) is 6.05. The van der Waals surface area contributed by atoms with Gasteiger partial charge in [-0.05, 0) is 61.3 Å².